The lowest BCUT2D eigenvalue weighted by Gasteiger charge is -2.18. The maximum absolute atomic E-state index is 12.6. The van der Waals surface area contributed by atoms with Gasteiger partial charge in [-0.05, 0) is 30.2 Å². The Bertz CT molecular complexity index is 925. The molecule has 0 bridgehead atoms. The van der Waals surface area contributed by atoms with E-state index in [-0.39, 0.29) is 18.4 Å². The van der Waals surface area contributed by atoms with E-state index in [1.807, 2.05) is 60.4 Å². The van der Waals surface area contributed by atoms with Crippen LogP contribution in [0.4, 0.5) is 5.69 Å². The number of benzene rings is 2. The molecule has 5 heteroatoms. The van der Waals surface area contributed by atoms with Gasteiger partial charge in [-0.2, -0.15) is 5.26 Å². The van der Waals surface area contributed by atoms with Gasteiger partial charge in [0.05, 0.1) is 6.07 Å². The molecule has 2 aromatic carbocycles. The maximum atomic E-state index is 12.6. The molecule has 1 aliphatic rings. The molecule has 2 aromatic rings. The largest absolute Gasteiger partial charge is 0.348 e. The predicted molar refractivity (Wildman–Crippen MR) is 108 cm³/mol. The lowest BCUT2D eigenvalue weighted by atomic mass is 9.99. The summed E-state index contributed by atoms with van der Waals surface area (Å²) >= 11 is 0. The third-order valence-corrected chi connectivity index (χ3v) is 4.69. The van der Waals surface area contributed by atoms with Crippen LogP contribution in [-0.4, -0.2) is 18.7 Å². The molecule has 5 nitrogen and oxygen atoms in total. The van der Waals surface area contributed by atoms with E-state index in [0.717, 1.165) is 22.5 Å². The molecule has 1 N–H and O–H groups in total. The average Bonchev–Trinajstić information content (AvgIpc) is 2.96. The number of hydrogen-bond acceptors (Lipinski definition) is 4. The van der Waals surface area contributed by atoms with Crippen LogP contribution >= 0.6 is 0 Å². The first-order chi connectivity index (χ1) is 13.2. The third kappa shape index (κ3) is 3.90. The third-order valence-electron chi connectivity index (χ3n) is 4.69. The molecule has 0 aliphatic carbocycles. The van der Waals surface area contributed by atoms with E-state index in [9.17, 15) is 10.1 Å². The number of amides is 1. The van der Waals surface area contributed by atoms with Crippen molar-refractivity contribution in [2.75, 3.05) is 11.4 Å². The van der Waals surface area contributed by atoms with Gasteiger partial charge in [-0.1, -0.05) is 43.3 Å². The Kier molecular flexibility index (Phi) is 5.68. The fraction of sp³-hybridized carbons (Fsp3) is 0.227. The number of rotatable bonds is 5. The van der Waals surface area contributed by atoms with Crippen molar-refractivity contribution in [3.63, 3.8) is 0 Å². The summed E-state index contributed by atoms with van der Waals surface area (Å²) in [6, 6.07) is 17.7. The Morgan fingerprint density at radius 3 is 2.78 bits per heavy atom. The van der Waals surface area contributed by atoms with Crippen molar-refractivity contribution in [2.45, 2.75) is 26.3 Å². The Morgan fingerprint density at radius 1 is 1.30 bits per heavy atom. The van der Waals surface area contributed by atoms with Crippen molar-refractivity contribution in [1.29, 1.82) is 5.26 Å². The normalized spacial score (nSPS) is 17.1. The van der Waals surface area contributed by atoms with Crippen LogP contribution in [0, 0.1) is 11.3 Å². The first kappa shape index (κ1) is 18.4. The van der Waals surface area contributed by atoms with Crippen molar-refractivity contribution < 1.29 is 4.79 Å². The highest BCUT2D eigenvalue weighted by Crippen LogP contribution is 2.43. The average molecular weight is 358 g/mol. The van der Waals surface area contributed by atoms with Crippen LogP contribution in [0.5, 0.6) is 0 Å². The summed E-state index contributed by atoms with van der Waals surface area (Å²) in [5.41, 5.74) is 4.59. The summed E-state index contributed by atoms with van der Waals surface area (Å²) in [5, 5.41) is 12.2. The van der Waals surface area contributed by atoms with Crippen LogP contribution in [0.2, 0.25) is 0 Å². The fourth-order valence-corrected chi connectivity index (χ4v) is 3.28. The summed E-state index contributed by atoms with van der Waals surface area (Å²) in [6.45, 7) is 4.64. The Labute approximate surface area is 159 Å². The van der Waals surface area contributed by atoms with Crippen molar-refractivity contribution in [3.8, 4) is 6.07 Å². The van der Waals surface area contributed by atoms with Gasteiger partial charge in [-0.15, -0.1) is 0 Å². The molecule has 1 unspecified atom stereocenters. The summed E-state index contributed by atoms with van der Waals surface area (Å²) in [5.74, 6) is -0.00583. The SMILES string of the molecule is CC=N/C=C1\C(C)c2ccc(C(=O)NCc3ccccc3)cc2N1CC#N. The molecule has 1 aliphatic heterocycles. The zero-order valence-electron chi connectivity index (χ0n) is 15.5. The molecule has 0 aromatic heterocycles. The second-order valence-corrected chi connectivity index (χ2v) is 6.37. The molecule has 0 saturated carbocycles. The van der Waals surface area contributed by atoms with Gasteiger partial charge in [0.15, 0.2) is 0 Å². The van der Waals surface area contributed by atoms with E-state index in [1.54, 1.807) is 12.4 Å². The smallest absolute Gasteiger partial charge is 0.251 e. The zero-order valence-corrected chi connectivity index (χ0v) is 15.5. The van der Waals surface area contributed by atoms with E-state index in [4.69, 9.17) is 0 Å². The van der Waals surface area contributed by atoms with Gasteiger partial charge in [0.1, 0.15) is 6.54 Å². The number of anilines is 1. The van der Waals surface area contributed by atoms with Gasteiger partial charge in [0, 0.05) is 41.8 Å². The molecular formula is C22H22N4O. The number of nitrogens with zero attached hydrogens (tertiary/aromatic N) is 3. The highest BCUT2D eigenvalue weighted by atomic mass is 16.1. The second kappa shape index (κ2) is 8.33. The number of nitriles is 1. The first-order valence-corrected chi connectivity index (χ1v) is 8.94. The molecular weight excluding hydrogens is 336 g/mol. The molecule has 1 amide bonds. The number of aliphatic imine (C=N–C) groups is 1. The highest BCUT2D eigenvalue weighted by molar-refractivity contribution is 5.96. The van der Waals surface area contributed by atoms with E-state index < -0.39 is 0 Å². The number of carbonyl (C=O) groups is 1. The molecule has 0 spiro atoms. The lowest BCUT2D eigenvalue weighted by Crippen LogP contribution is -2.23. The lowest BCUT2D eigenvalue weighted by molar-refractivity contribution is 0.0951. The highest BCUT2D eigenvalue weighted by Gasteiger charge is 2.31. The molecule has 0 saturated heterocycles. The summed E-state index contributed by atoms with van der Waals surface area (Å²) in [7, 11) is 0. The number of hydrogen-bond donors (Lipinski definition) is 1. The van der Waals surface area contributed by atoms with Crippen molar-refractivity contribution in [1.82, 2.24) is 5.32 Å². The Hall–Kier alpha value is -3.39. The minimum Gasteiger partial charge on any atom is -0.348 e. The van der Waals surface area contributed by atoms with Crippen LogP contribution in [0.15, 0.2) is 65.4 Å². The fourth-order valence-electron chi connectivity index (χ4n) is 3.28. The minimum atomic E-state index is -0.129. The van der Waals surface area contributed by atoms with Gasteiger partial charge in [-0.25, -0.2) is 0 Å². The quantitative estimate of drug-likeness (QED) is 0.649. The van der Waals surface area contributed by atoms with Crippen molar-refractivity contribution >= 4 is 17.8 Å². The number of nitrogens with one attached hydrogen (secondary N) is 1. The number of allylic oxidation sites excluding steroid dienone is 1. The van der Waals surface area contributed by atoms with Crippen LogP contribution in [-0.2, 0) is 6.54 Å². The van der Waals surface area contributed by atoms with E-state index >= 15 is 0 Å². The van der Waals surface area contributed by atoms with Crippen LogP contribution < -0.4 is 10.2 Å². The minimum absolute atomic E-state index is 0.124. The van der Waals surface area contributed by atoms with E-state index in [1.165, 1.54) is 0 Å². The van der Waals surface area contributed by atoms with Crippen molar-refractivity contribution in [2.24, 2.45) is 4.99 Å². The molecule has 27 heavy (non-hydrogen) atoms. The summed E-state index contributed by atoms with van der Waals surface area (Å²) in [6.07, 6.45) is 3.51. The first-order valence-electron chi connectivity index (χ1n) is 8.94. The molecule has 0 radical (unpaired) electrons. The molecule has 3 rings (SSSR count). The van der Waals surface area contributed by atoms with Gasteiger partial charge < -0.3 is 10.2 Å². The van der Waals surface area contributed by atoms with Crippen LogP contribution in [0.25, 0.3) is 0 Å². The summed E-state index contributed by atoms with van der Waals surface area (Å²) in [4.78, 5) is 18.7. The standard InChI is InChI=1S/C22H22N4O/c1-3-24-15-21-16(2)19-10-9-18(13-20(19)26(21)12-11-23)22(27)25-14-17-7-5-4-6-8-17/h3-10,13,15-16H,12,14H2,1-2H3,(H,25,27)/b21-15+,24-3?. The number of fused-ring (bicyclic) bond motifs is 1. The van der Waals surface area contributed by atoms with Gasteiger partial charge in [-0.3, -0.25) is 9.79 Å². The molecule has 1 atom stereocenters. The Balaban J connectivity index is 1.85. The van der Waals surface area contributed by atoms with Crippen molar-refractivity contribution in [3.05, 3.63) is 77.1 Å². The molecule has 1 heterocycles. The zero-order chi connectivity index (χ0) is 19.2. The van der Waals surface area contributed by atoms with Gasteiger partial charge >= 0.3 is 0 Å². The van der Waals surface area contributed by atoms with E-state index in [0.29, 0.717) is 12.1 Å². The van der Waals surface area contributed by atoms with Gasteiger partial charge in [0.2, 0.25) is 0 Å². The molecule has 136 valence electrons. The van der Waals surface area contributed by atoms with Gasteiger partial charge in [0.25, 0.3) is 5.91 Å². The topological polar surface area (TPSA) is 68.5 Å². The summed E-state index contributed by atoms with van der Waals surface area (Å²) < 4.78 is 0. The Morgan fingerprint density at radius 2 is 2.07 bits per heavy atom. The second-order valence-electron chi connectivity index (χ2n) is 6.37. The van der Waals surface area contributed by atoms with E-state index in [2.05, 4.69) is 23.3 Å². The molecule has 0 fully saturated rings. The predicted octanol–water partition coefficient (Wildman–Crippen LogP) is 4.00. The maximum Gasteiger partial charge on any atom is 0.251 e. The number of carbonyl (C=O) groups excluding carboxylic acids is 1. The monoisotopic (exact) mass is 358 g/mol. The van der Waals surface area contributed by atoms with Crippen LogP contribution in [0.1, 0.15) is 41.3 Å². The van der Waals surface area contributed by atoms with Crippen LogP contribution in [0.3, 0.4) is 0 Å².